The van der Waals surface area contributed by atoms with E-state index in [2.05, 4.69) is 45.0 Å². The topological polar surface area (TPSA) is 9.23 Å². The first-order chi connectivity index (χ1) is 6.67. The fourth-order valence-corrected chi connectivity index (χ4v) is 1.44. The Labute approximate surface area is 87.1 Å². The van der Waals surface area contributed by atoms with Crippen LogP contribution >= 0.6 is 0 Å². The van der Waals surface area contributed by atoms with E-state index in [1.165, 1.54) is 5.56 Å². The van der Waals surface area contributed by atoms with E-state index >= 15 is 0 Å². The predicted octanol–water partition coefficient (Wildman–Crippen LogP) is 3.39. The molecule has 1 nitrogen and oxygen atoms in total. The maximum atomic E-state index is 5.60. The molecule has 0 spiro atoms. The van der Waals surface area contributed by atoms with Crippen LogP contribution in [0.4, 0.5) is 0 Å². The Kier molecular flexibility index (Phi) is 4.15. The first kappa shape index (κ1) is 11.3. The molecule has 1 aromatic rings. The molecule has 0 fully saturated rings. The maximum Gasteiger partial charge on any atom is 0.0557 e. The van der Waals surface area contributed by atoms with E-state index in [0.29, 0.717) is 0 Å². The third-order valence-corrected chi connectivity index (χ3v) is 2.37. The molecule has 78 valence electrons. The average Bonchev–Trinajstić information content (AvgIpc) is 2.19. The van der Waals surface area contributed by atoms with Gasteiger partial charge in [-0.2, -0.15) is 0 Å². The molecule has 1 aromatic carbocycles. The van der Waals surface area contributed by atoms with Crippen LogP contribution in [0, 0.1) is 0 Å². The highest BCUT2D eigenvalue weighted by atomic mass is 16.5. The van der Waals surface area contributed by atoms with Crippen LogP contribution in [0.3, 0.4) is 0 Å². The van der Waals surface area contributed by atoms with Crippen molar-refractivity contribution in [1.82, 2.24) is 0 Å². The first-order valence-corrected chi connectivity index (χ1v) is 5.30. The second-order valence-electron chi connectivity index (χ2n) is 4.30. The van der Waals surface area contributed by atoms with Crippen molar-refractivity contribution in [3.05, 3.63) is 35.9 Å². The zero-order valence-electron chi connectivity index (χ0n) is 9.42. The number of ether oxygens (including phenoxy) is 1. The van der Waals surface area contributed by atoms with Crippen LogP contribution in [-0.4, -0.2) is 13.2 Å². The summed E-state index contributed by atoms with van der Waals surface area (Å²) in [5.74, 6) is 0. The average molecular weight is 192 g/mol. The van der Waals surface area contributed by atoms with Crippen molar-refractivity contribution in [2.45, 2.75) is 32.6 Å². The predicted molar refractivity (Wildman–Crippen MR) is 60.6 cm³/mol. The highest BCUT2D eigenvalue weighted by Crippen LogP contribution is 2.22. The zero-order chi connectivity index (χ0) is 10.4. The van der Waals surface area contributed by atoms with Crippen molar-refractivity contribution in [1.29, 1.82) is 0 Å². The highest BCUT2D eigenvalue weighted by molar-refractivity contribution is 5.23. The van der Waals surface area contributed by atoms with Crippen LogP contribution in [0.2, 0.25) is 0 Å². The largest absolute Gasteiger partial charge is 0.381 e. The van der Waals surface area contributed by atoms with E-state index in [9.17, 15) is 0 Å². The van der Waals surface area contributed by atoms with Gasteiger partial charge >= 0.3 is 0 Å². The van der Waals surface area contributed by atoms with Gasteiger partial charge in [-0.25, -0.2) is 0 Å². The molecule has 0 atom stereocenters. The maximum absolute atomic E-state index is 5.60. The summed E-state index contributed by atoms with van der Waals surface area (Å²) in [7, 11) is 0. The van der Waals surface area contributed by atoms with Gasteiger partial charge in [0.15, 0.2) is 0 Å². The summed E-state index contributed by atoms with van der Waals surface area (Å²) in [6.45, 7) is 8.23. The van der Waals surface area contributed by atoms with Crippen LogP contribution < -0.4 is 0 Å². The molecule has 0 aliphatic carbocycles. The Balaban J connectivity index is 2.56. The first-order valence-electron chi connectivity index (χ1n) is 5.30. The van der Waals surface area contributed by atoms with Gasteiger partial charge in [-0.1, -0.05) is 51.1 Å². The molecule has 0 bridgehead atoms. The van der Waals surface area contributed by atoms with Gasteiger partial charge in [0, 0.05) is 12.0 Å². The van der Waals surface area contributed by atoms with Gasteiger partial charge < -0.3 is 4.74 Å². The molecular weight excluding hydrogens is 172 g/mol. The SMILES string of the molecule is CCCOCC(C)(C)c1ccccc1. The minimum Gasteiger partial charge on any atom is -0.381 e. The van der Waals surface area contributed by atoms with Gasteiger partial charge in [0.1, 0.15) is 0 Å². The Morgan fingerprint density at radius 2 is 1.79 bits per heavy atom. The molecule has 1 rings (SSSR count). The smallest absolute Gasteiger partial charge is 0.0557 e. The summed E-state index contributed by atoms with van der Waals surface area (Å²) < 4.78 is 5.60. The van der Waals surface area contributed by atoms with Gasteiger partial charge in [0.05, 0.1) is 6.61 Å². The molecule has 0 aromatic heterocycles. The van der Waals surface area contributed by atoms with E-state index in [1.807, 2.05) is 6.07 Å². The molecule has 0 saturated carbocycles. The van der Waals surface area contributed by atoms with Crippen molar-refractivity contribution in [3.8, 4) is 0 Å². The Morgan fingerprint density at radius 3 is 2.36 bits per heavy atom. The molecule has 0 saturated heterocycles. The molecule has 0 aliphatic rings. The van der Waals surface area contributed by atoms with Gasteiger partial charge in [0.25, 0.3) is 0 Å². The normalized spacial score (nSPS) is 11.6. The lowest BCUT2D eigenvalue weighted by atomic mass is 9.86. The van der Waals surface area contributed by atoms with Crippen LogP contribution in [-0.2, 0) is 10.2 Å². The van der Waals surface area contributed by atoms with E-state index in [4.69, 9.17) is 4.74 Å². The van der Waals surface area contributed by atoms with E-state index in [1.54, 1.807) is 0 Å². The summed E-state index contributed by atoms with van der Waals surface area (Å²) >= 11 is 0. The molecule has 0 heterocycles. The Morgan fingerprint density at radius 1 is 1.14 bits per heavy atom. The molecule has 0 unspecified atom stereocenters. The summed E-state index contributed by atoms with van der Waals surface area (Å²) in [5, 5.41) is 0. The van der Waals surface area contributed by atoms with Gasteiger partial charge in [-0.3, -0.25) is 0 Å². The Hall–Kier alpha value is -0.820. The van der Waals surface area contributed by atoms with Crippen LogP contribution in [0.25, 0.3) is 0 Å². The van der Waals surface area contributed by atoms with E-state index < -0.39 is 0 Å². The number of rotatable bonds is 5. The van der Waals surface area contributed by atoms with Crippen LogP contribution in [0.15, 0.2) is 30.3 Å². The molecule has 0 N–H and O–H groups in total. The number of hydrogen-bond acceptors (Lipinski definition) is 1. The Bertz CT molecular complexity index is 251. The lowest BCUT2D eigenvalue weighted by Crippen LogP contribution is -2.24. The summed E-state index contributed by atoms with van der Waals surface area (Å²) in [5.41, 5.74) is 1.47. The fraction of sp³-hybridized carbons (Fsp3) is 0.538. The quantitative estimate of drug-likeness (QED) is 0.650. The van der Waals surface area contributed by atoms with Gasteiger partial charge in [-0.15, -0.1) is 0 Å². The van der Waals surface area contributed by atoms with Crippen molar-refractivity contribution >= 4 is 0 Å². The number of hydrogen-bond donors (Lipinski definition) is 0. The summed E-state index contributed by atoms with van der Waals surface area (Å²) in [6, 6.07) is 10.5. The zero-order valence-corrected chi connectivity index (χ0v) is 9.42. The summed E-state index contributed by atoms with van der Waals surface area (Å²) in [4.78, 5) is 0. The van der Waals surface area contributed by atoms with Gasteiger partial charge in [-0.05, 0) is 12.0 Å². The molecule has 1 heteroatoms. The third-order valence-electron chi connectivity index (χ3n) is 2.37. The standard InChI is InChI=1S/C13H20O/c1-4-10-14-11-13(2,3)12-8-6-5-7-9-12/h5-9H,4,10-11H2,1-3H3. The van der Waals surface area contributed by atoms with E-state index in [0.717, 1.165) is 19.6 Å². The minimum atomic E-state index is 0.121. The van der Waals surface area contributed by atoms with Crippen molar-refractivity contribution in [2.24, 2.45) is 0 Å². The third kappa shape index (κ3) is 3.15. The molecular formula is C13H20O. The second-order valence-corrected chi connectivity index (χ2v) is 4.30. The highest BCUT2D eigenvalue weighted by Gasteiger charge is 2.19. The lowest BCUT2D eigenvalue weighted by molar-refractivity contribution is 0.0952. The van der Waals surface area contributed by atoms with Crippen molar-refractivity contribution in [2.75, 3.05) is 13.2 Å². The van der Waals surface area contributed by atoms with Gasteiger partial charge in [0.2, 0.25) is 0 Å². The molecule has 0 aliphatic heterocycles. The monoisotopic (exact) mass is 192 g/mol. The fourth-order valence-electron chi connectivity index (χ4n) is 1.44. The van der Waals surface area contributed by atoms with Crippen LogP contribution in [0.5, 0.6) is 0 Å². The molecule has 0 radical (unpaired) electrons. The molecule has 0 amide bonds. The van der Waals surface area contributed by atoms with Crippen molar-refractivity contribution < 1.29 is 4.74 Å². The van der Waals surface area contributed by atoms with E-state index in [-0.39, 0.29) is 5.41 Å². The second kappa shape index (κ2) is 5.16. The van der Waals surface area contributed by atoms with Crippen molar-refractivity contribution in [3.63, 3.8) is 0 Å². The summed E-state index contributed by atoms with van der Waals surface area (Å²) in [6.07, 6.45) is 1.09. The lowest BCUT2D eigenvalue weighted by Gasteiger charge is -2.24. The number of benzene rings is 1. The van der Waals surface area contributed by atoms with Crippen LogP contribution in [0.1, 0.15) is 32.8 Å². The minimum absolute atomic E-state index is 0.121. The molecule has 14 heavy (non-hydrogen) atoms.